The molecule has 1 saturated heterocycles. The summed E-state index contributed by atoms with van der Waals surface area (Å²) in [5.41, 5.74) is 1.09. The molecule has 9 atom stereocenters. The number of nitrogens with zero attached hydrogens (tertiary/aromatic N) is 3. The second kappa shape index (κ2) is 23.2. The van der Waals surface area contributed by atoms with E-state index in [1.807, 2.05) is 75.2 Å². The van der Waals surface area contributed by atoms with E-state index in [1.54, 1.807) is 39.4 Å². The number of rotatable bonds is 21. The molecule has 0 bridgehead atoms. The molecule has 1 aromatic heterocycles. The van der Waals surface area contributed by atoms with Crippen molar-refractivity contribution in [3.63, 3.8) is 0 Å². The van der Waals surface area contributed by atoms with E-state index in [2.05, 4.69) is 34.8 Å². The van der Waals surface area contributed by atoms with Crippen LogP contribution in [0.4, 0.5) is 0 Å². The number of thiazole rings is 1. The molecule has 12 nitrogen and oxygen atoms in total. The molecular formula is C41H67ClN6O6S. The molecule has 3 unspecified atom stereocenters. The number of hydrogen-bond donors (Lipinski definition) is 3. The Morgan fingerprint density at radius 2 is 1.62 bits per heavy atom. The van der Waals surface area contributed by atoms with E-state index in [-0.39, 0.29) is 72.3 Å². The number of ether oxygens (including phenoxy) is 2. The Bertz CT molecular complexity index is 1470. The summed E-state index contributed by atoms with van der Waals surface area (Å²) in [4.78, 5) is 63.6. The molecule has 0 radical (unpaired) electrons. The molecule has 0 aliphatic carbocycles. The van der Waals surface area contributed by atoms with E-state index in [1.165, 1.54) is 11.3 Å². The van der Waals surface area contributed by atoms with Gasteiger partial charge in [0.05, 0.1) is 48.7 Å². The second-order valence-electron chi connectivity index (χ2n) is 15.5. The first-order valence-electron chi connectivity index (χ1n) is 19.5. The first-order valence-corrected chi connectivity index (χ1v) is 20.4. The lowest BCUT2D eigenvalue weighted by molar-refractivity contribution is -0.147. The molecule has 0 saturated carbocycles. The summed E-state index contributed by atoms with van der Waals surface area (Å²) in [6.07, 6.45) is 3.48. The Labute approximate surface area is 339 Å². The maximum Gasteiger partial charge on any atom is 0.245 e. The molecule has 1 fully saturated rings. The lowest BCUT2D eigenvalue weighted by atomic mass is 9.89. The zero-order valence-corrected chi connectivity index (χ0v) is 36.4. The molecule has 1 aliphatic heterocycles. The number of carbonyl (C=O) groups is 4. The van der Waals surface area contributed by atoms with E-state index in [0.29, 0.717) is 19.4 Å². The van der Waals surface area contributed by atoms with Crippen molar-refractivity contribution in [2.75, 3.05) is 34.9 Å². The van der Waals surface area contributed by atoms with Crippen LogP contribution < -0.4 is 16.0 Å². The van der Waals surface area contributed by atoms with Gasteiger partial charge in [-0.05, 0) is 49.6 Å². The zero-order valence-electron chi connectivity index (χ0n) is 34.7. The van der Waals surface area contributed by atoms with E-state index in [4.69, 9.17) is 9.47 Å². The first-order chi connectivity index (χ1) is 25.7. The third kappa shape index (κ3) is 12.7. The highest BCUT2D eigenvalue weighted by Gasteiger charge is 2.43. The summed E-state index contributed by atoms with van der Waals surface area (Å²) >= 11 is 1.51. The molecule has 1 aliphatic rings. The lowest BCUT2D eigenvalue weighted by Crippen LogP contribution is -2.59. The fourth-order valence-electron chi connectivity index (χ4n) is 7.81. The molecule has 3 N–H and O–H groups in total. The third-order valence-corrected chi connectivity index (χ3v) is 12.0. The van der Waals surface area contributed by atoms with Crippen LogP contribution in [0.15, 0.2) is 41.9 Å². The van der Waals surface area contributed by atoms with E-state index >= 15 is 0 Å². The van der Waals surface area contributed by atoms with Crippen molar-refractivity contribution in [3.8, 4) is 0 Å². The van der Waals surface area contributed by atoms with Crippen LogP contribution >= 0.6 is 23.7 Å². The van der Waals surface area contributed by atoms with Crippen molar-refractivity contribution < 1.29 is 28.7 Å². The number of methoxy groups -OCH3 is 2. The Morgan fingerprint density at radius 1 is 0.964 bits per heavy atom. The number of halogens is 1. The molecule has 0 spiro atoms. The molecular weight excluding hydrogens is 740 g/mol. The predicted octanol–water partition coefficient (Wildman–Crippen LogP) is 5.27. The van der Waals surface area contributed by atoms with Crippen LogP contribution in [-0.2, 0) is 35.1 Å². The highest BCUT2D eigenvalue weighted by Crippen LogP contribution is 2.30. The molecule has 2 heterocycles. The normalized spacial score (nSPS) is 18.7. The lowest BCUT2D eigenvalue weighted by Gasteiger charge is -2.41. The SMILES string of the molecule is CC[C@H](C)C([C@@H](CC(=O)N1CCC[C@H]1C(OC)C(C)C(=O)N[C@@H](Cc1ccccc1)c1nccs1)OC)N(C)C(=O)[C@@H](NC(=O)[C@@H](NC)C(C)C)C(C)C.Cl. The Balaban J connectivity index is 0.0000105. The number of likely N-dealkylation sites (N-methyl/N-ethyl adjacent to an activating group) is 2. The van der Waals surface area contributed by atoms with Gasteiger partial charge in [0, 0.05) is 39.4 Å². The van der Waals surface area contributed by atoms with Crippen molar-refractivity contribution in [1.29, 1.82) is 0 Å². The monoisotopic (exact) mass is 806 g/mol. The molecule has 3 rings (SSSR count). The van der Waals surface area contributed by atoms with Gasteiger partial charge in [-0.3, -0.25) is 19.2 Å². The van der Waals surface area contributed by atoms with Gasteiger partial charge >= 0.3 is 0 Å². The quantitative estimate of drug-likeness (QED) is 0.155. The molecule has 310 valence electrons. The van der Waals surface area contributed by atoms with Crippen LogP contribution in [0.5, 0.6) is 0 Å². The summed E-state index contributed by atoms with van der Waals surface area (Å²) in [6, 6.07) is 7.77. The van der Waals surface area contributed by atoms with Crippen LogP contribution in [0, 0.1) is 23.7 Å². The van der Waals surface area contributed by atoms with Gasteiger partial charge in [0.2, 0.25) is 23.6 Å². The van der Waals surface area contributed by atoms with Crippen LogP contribution in [0.1, 0.15) is 90.8 Å². The molecule has 1 aromatic carbocycles. The van der Waals surface area contributed by atoms with Crippen LogP contribution in [0.3, 0.4) is 0 Å². The number of likely N-dealkylation sites (tertiary alicyclic amines) is 1. The molecule has 2 aromatic rings. The van der Waals surface area contributed by atoms with Gasteiger partial charge in [-0.25, -0.2) is 4.98 Å². The Kier molecular flexibility index (Phi) is 20.3. The zero-order chi connectivity index (χ0) is 40.1. The van der Waals surface area contributed by atoms with E-state index in [0.717, 1.165) is 23.4 Å². The van der Waals surface area contributed by atoms with Crippen molar-refractivity contribution >= 4 is 47.4 Å². The van der Waals surface area contributed by atoms with Gasteiger partial charge in [-0.2, -0.15) is 0 Å². The van der Waals surface area contributed by atoms with Gasteiger partial charge in [0.25, 0.3) is 0 Å². The molecule has 4 amide bonds. The minimum absolute atomic E-state index is 0. The third-order valence-electron chi connectivity index (χ3n) is 11.1. The minimum Gasteiger partial charge on any atom is -0.379 e. The summed E-state index contributed by atoms with van der Waals surface area (Å²) in [5.74, 6) is -1.41. The van der Waals surface area contributed by atoms with Gasteiger partial charge in [-0.15, -0.1) is 23.7 Å². The standard InChI is InChI=1S/C41H66N6O6S.ClH/c1-12-27(6)36(46(9)41(51)35(26(4)5)45-39(50)34(42-8)25(2)3)32(52-10)24-33(48)47-21-16-19-31(47)37(53-11)28(7)38(49)44-30(40-43-20-22-54-40)23-29-17-14-13-15-18-29;/h13-15,17-18,20,22,25-28,30-32,34-37,42H,12,16,19,21,23-24H2,1-11H3,(H,44,49)(H,45,50);1H/t27-,28?,30-,31-,32+,34-,35-,36?,37?;/m0./s1. The second-order valence-corrected chi connectivity index (χ2v) is 16.4. The number of carbonyl (C=O) groups excluding carboxylic acids is 4. The van der Waals surface area contributed by atoms with Crippen molar-refractivity contribution in [2.24, 2.45) is 23.7 Å². The van der Waals surface area contributed by atoms with Gasteiger partial charge in [-0.1, -0.05) is 85.2 Å². The molecule has 14 heteroatoms. The van der Waals surface area contributed by atoms with E-state index < -0.39 is 36.3 Å². The fourth-order valence-corrected chi connectivity index (χ4v) is 8.50. The summed E-state index contributed by atoms with van der Waals surface area (Å²) in [7, 11) is 6.65. The highest BCUT2D eigenvalue weighted by molar-refractivity contribution is 7.09. The highest BCUT2D eigenvalue weighted by atomic mass is 35.5. The van der Waals surface area contributed by atoms with Gasteiger partial charge in [0.15, 0.2) is 0 Å². The average molecular weight is 808 g/mol. The topological polar surface area (TPSA) is 142 Å². The summed E-state index contributed by atoms with van der Waals surface area (Å²) in [6.45, 7) is 14.3. The van der Waals surface area contributed by atoms with Crippen molar-refractivity contribution in [2.45, 2.75) is 123 Å². The van der Waals surface area contributed by atoms with Crippen LogP contribution in [0.25, 0.3) is 0 Å². The maximum atomic E-state index is 14.3. The summed E-state index contributed by atoms with van der Waals surface area (Å²) in [5, 5.41) is 12.0. The summed E-state index contributed by atoms with van der Waals surface area (Å²) < 4.78 is 12.1. The Hall–Kier alpha value is -3.10. The van der Waals surface area contributed by atoms with Gasteiger partial charge in [0.1, 0.15) is 11.0 Å². The maximum absolute atomic E-state index is 14.3. The van der Waals surface area contributed by atoms with E-state index in [9.17, 15) is 19.2 Å². The largest absolute Gasteiger partial charge is 0.379 e. The van der Waals surface area contributed by atoms with Gasteiger partial charge < -0.3 is 35.2 Å². The predicted molar refractivity (Wildman–Crippen MR) is 221 cm³/mol. The average Bonchev–Trinajstić information content (AvgIpc) is 3.87. The minimum atomic E-state index is -0.752. The van der Waals surface area contributed by atoms with Crippen molar-refractivity contribution in [1.82, 2.24) is 30.7 Å². The number of hydrogen-bond acceptors (Lipinski definition) is 9. The Morgan fingerprint density at radius 3 is 2.15 bits per heavy atom. The van der Waals surface area contributed by atoms with Crippen LogP contribution in [-0.4, -0.2) is 110 Å². The number of benzene rings is 1. The first kappa shape index (κ1) is 48.0. The number of amides is 4. The smallest absolute Gasteiger partial charge is 0.245 e. The fraction of sp³-hybridized carbons (Fsp3) is 0.683. The molecule has 55 heavy (non-hydrogen) atoms. The number of aromatic nitrogens is 1. The number of nitrogens with one attached hydrogen (secondary N) is 3. The van der Waals surface area contributed by atoms with Crippen LogP contribution in [0.2, 0.25) is 0 Å². The van der Waals surface area contributed by atoms with Crippen molar-refractivity contribution in [3.05, 3.63) is 52.5 Å².